The van der Waals surface area contributed by atoms with E-state index in [4.69, 9.17) is 4.74 Å². The summed E-state index contributed by atoms with van der Waals surface area (Å²) in [5.74, 6) is -1.98. The third-order valence-corrected chi connectivity index (χ3v) is 5.04. The first-order valence-corrected chi connectivity index (χ1v) is 9.26. The molecule has 4 nitrogen and oxygen atoms in total. The summed E-state index contributed by atoms with van der Waals surface area (Å²) in [6.07, 6.45) is 3.62. The van der Waals surface area contributed by atoms with E-state index in [9.17, 15) is 14.0 Å². The summed E-state index contributed by atoms with van der Waals surface area (Å²) in [6, 6.07) is 6.14. The first kappa shape index (κ1) is 18.5. The van der Waals surface area contributed by atoms with Crippen molar-refractivity contribution in [3.63, 3.8) is 0 Å². The van der Waals surface area contributed by atoms with Crippen molar-refractivity contribution < 1.29 is 18.7 Å². The Hall–Kier alpha value is -2.30. The second kappa shape index (κ2) is 7.94. The summed E-state index contributed by atoms with van der Waals surface area (Å²) in [6.45, 7) is 4.16. The van der Waals surface area contributed by atoms with Crippen LogP contribution in [0.1, 0.15) is 57.4 Å². The Kier molecular flexibility index (Phi) is 5.64. The van der Waals surface area contributed by atoms with Gasteiger partial charge in [0, 0.05) is 29.3 Å². The van der Waals surface area contributed by atoms with Gasteiger partial charge in [-0.3, -0.25) is 14.6 Å². The Morgan fingerprint density at radius 3 is 2.88 bits per heavy atom. The van der Waals surface area contributed by atoms with Crippen molar-refractivity contribution in [1.82, 2.24) is 0 Å². The predicted octanol–water partition coefficient (Wildman–Crippen LogP) is 4.35. The number of carbonyl (C=O) groups excluding carboxylic acids is 2. The van der Waals surface area contributed by atoms with E-state index in [1.54, 1.807) is 19.1 Å². The molecule has 2 atom stereocenters. The average molecular weight is 357 g/mol. The highest BCUT2D eigenvalue weighted by Gasteiger charge is 2.43. The van der Waals surface area contributed by atoms with Gasteiger partial charge in [-0.2, -0.15) is 0 Å². The maximum Gasteiger partial charge on any atom is 0.315 e. The smallest absolute Gasteiger partial charge is 0.315 e. The fourth-order valence-electron chi connectivity index (χ4n) is 3.78. The molecule has 1 aliphatic carbocycles. The molecule has 26 heavy (non-hydrogen) atoms. The number of Topliss-reactive ketones (excluding diaryl/α,β-unsaturated/α-hetero) is 1. The van der Waals surface area contributed by atoms with Gasteiger partial charge in [0.15, 0.2) is 5.78 Å². The zero-order valence-electron chi connectivity index (χ0n) is 15.3. The van der Waals surface area contributed by atoms with Crippen molar-refractivity contribution in [3.8, 4) is 0 Å². The molecule has 5 heteroatoms. The van der Waals surface area contributed by atoms with Gasteiger partial charge in [0.25, 0.3) is 0 Å². The summed E-state index contributed by atoms with van der Waals surface area (Å²) in [5, 5.41) is 0. The molecule has 0 saturated carbocycles. The van der Waals surface area contributed by atoms with Crippen molar-refractivity contribution in [2.75, 3.05) is 6.61 Å². The number of halogens is 1. The van der Waals surface area contributed by atoms with Crippen LogP contribution in [0.15, 0.2) is 40.5 Å². The SMILES string of the molecule is CCCCOC(=O)C1C(C)=NC2=C(C(=O)CCC2)[C@@H]1c1cccc(F)c1. The van der Waals surface area contributed by atoms with E-state index in [-0.39, 0.29) is 17.6 Å². The summed E-state index contributed by atoms with van der Waals surface area (Å²) in [4.78, 5) is 30.0. The van der Waals surface area contributed by atoms with Crippen LogP contribution in [0.5, 0.6) is 0 Å². The van der Waals surface area contributed by atoms with E-state index in [1.165, 1.54) is 12.1 Å². The number of benzene rings is 1. The van der Waals surface area contributed by atoms with Gasteiger partial charge >= 0.3 is 5.97 Å². The summed E-state index contributed by atoms with van der Waals surface area (Å²) < 4.78 is 19.3. The van der Waals surface area contributed by atoms with E-state index in [0.717, 1.165) is 25.0 Å². The number of rotatable bonds is 5. The molecule has 0 amide bonds. The number of carbonyl (C=O) groups is 2. The first-order chi connectivity index (χ1) is 12.5. The number of esters is 1. The first-order valence-electron chi connectivity index (χ1n) is 9.26. The molecule has 0 aromatic heterocycles. The minimum absolute atomic E-state index is 0.00289. The third-order valence-electron chi connectivity index (χ3n) is 5.04. The zero-order valence-corrected chi connectivity index (χ0v) is 15.3. The molecule has 138 valence electrons. The zero-order chi connectivity index (χ0) is 18.7. The van der Waals surface area contributed by atoms with Crippen LogP contribution >= 0.6 is 0 Å². The van der Waals surface area contributed by atoms with E-state index in [0.29, 0.717) is 36.3 Å². The highest BCUT2D eigenvalue weighted by atomic mass is 19.1. The molecular weight excluding hydrogens is 333 g/mol. The number of unbranched alkanes of at least 4 members (excludes halogenated alkanes) is 1. The molecule has 0 fully saturated rings. The highest BCUT2D eigenvalue weighted by molar-refractivity contribution is 6.08. The number of allylic oxidation sites excluding steroid dienone is 2. The molecule has 0 saturated heterocycles. The highest BCUT2D eigenvalue weighted by Crippen LogP contribution is 2.43. The Labute approximate surface area is 153 Å². The average Bonchev–Trinajstić information content (AvgIpc) is 2.61. The quantitative estimate of drug-likeness (QED) is 0.581. The Morgan fingerprint density at radius 2 is 2.15 bits per heavy atom. The maximum atomic E-state index is 13.9. The fraction of sp³-hybridized carbons (Fsp3) is 0.476. The molecule has 0 radical (unpaired) electrons. The van der Waals surface area contributed by atoms with E-state index < -0.39 is 11.8 Å². The molecule has 0 bridgehead atoms. The van der Waals surface area contributed by atoms with Gasteiger partial charge in [-0.15, -0.1) is 0 Å². The number of nitrogens with zero attached hydrogens (tertiary/aromatic N) is 1. The van der Waals surface area contributed by atoms with Crippen LogP contribution < -0.4 is 0 Å². The van der Waals surface area contributed by atoms with E-state index in [2.05, 4.69) is 4.99 Å². The van der Waals surface area contributed by atoms with Crippen molar-refractivity contribution in [2.45, 2.75) is 51.9 Å². The van der Waals surface area contributed by atoms with Gasteiger partial charge in [-0.25, -0.2) is 4.39 Å². The lowest BCUT2D eigenvalue weighted by Crippen LogP contribution is -2.37. The minimum Gasteiger partial charge on any atom is -0.465 e. The molecule has 0 N–H and O–H groups in total. The van der Waals surface area contributed by atoms with Crippen LogP contribution in [0.25, 0.3) is 0 Å². The largest absolute Gasteiger partial charge is 0.465 e. The Morgan fingerprint density at radius 1 is 1.35 bits per heavy atom. The standard InChI is InChI=1S/C21H24FNO3/c1-3-4-11-26-21(25)18-13(2)23-16-9-6-10-17(24)20(16)19(18)14-7-5-8-15(22)12-14/h5,7-8,12,18-19H,3-4,6,9-11H2,1-2H3/t18?,19-/m1/s1. The van der Waals surface area contributed by atoms with Crippen molar-refractivity contribution in [1.29, 1.82) is 0 Å². The Bertz CT molecular complexity index is 781. The number of hydrogen-bond acceptors (Lipinski definition) is 4. The predicted molar refractivity (Wildman–Crippen MR) is 97.5 cm³/mol. The van der Waals surface area contributed by atoms with Gasteiger partial charge in [0.1, 0.15) is 11.7 Å². The molecule has 1 aromatic carbocycles. The van der Waals surface area contributed by atoms with Crippen molar-refractivity contribution in [2.24, 2.45) is 10.9 Å². The van der Waals surface area contributed by atoms with E-state index in [1.807, 2.05) is 6.92 Å². The van der Waals surface area contributed by atoms with Gasteiger partial charge in [-0.05, 0) is 43.9 Å². The molecule has 1 heterocycles. The Balaban J connectivity index is 2.04. The second-order valence-corrected chi connectivity index (χ2v) is 6.92. The van der Waals surface area contributed by atoms with Gasteiger partial charge < -0.3 is 4.74 Å². The normalized spacial score (nSPS) is 22.7. The molecule has 2 aliphatic rings. The number of ether oxygens (including phenoxy) is 1. The van der Waals surface area contributed by atoms with Crippen LogP contribution in [-0.2, 0) is 14.3 Å². The van der Waals surface area contributed by atoms with E-state index >= 15 is 0 Å². The van der Waals surface area contributed by atoms with Crippen molar-refractivity contribution >= 4 is 17.5 Å². The van der Waals surface area contributed by atoms with Crippen LogP contribution in [0.2, 0.25) is 0 Å². The van der Waals surface area contributed by atoms with Crippen molar-refractivity contribution in [3.05, 3.63) is 46.9 Å². The summed E-state index contributed by atoms with van der Waals surface area (Å²) in [7, 11) is 0. The van der Waals surface area contributed by atoms with Crippen LogP contribution in [-0.4, -0.2) is 24.1 Å². The van der Waals surface area contributed by atoms with Gasteiger partial charge in [0.05, 0.1) is 6.61 Å². The summed E-state index contributed by atoms with van der Waals surface area (Å²) in [5.41, 5.74) is 2.56. The monoisotopic (exact) mass is 357 g/mol. The lowest BCUT2D eigenvalue weighted by Gasteiger charge is -2.34. The third kappa shape index (κ3) is 3.62. The van der Waals surface area contributed by atoms with Gasteiger partial charge in [0.2, 0.25) is 0 Å². The topological polar surface area (TPSA) is 55.7 Å². The molecule has 3 rings (SSSR count). The molecule has 0 spiro atoms. The maximum absolute atomic E-state index is 13.9. The second-order valence-electron chi connectivity index (χ2n) is 6.92. The van der Waals surface area contributed by atoms with Crippen LogP contribution in [0.3, 0.4) is 0 Å². The number of aliphatic imine (C=N–C) groups is 1. The minimum atomic E-state index is -0.686. The lowest BCUT2D eigenvalue weighted by atomic mass is 9.72. The van der Waals surface area contributed by atoms with Crippen LogP contribution in [0.4, 0.5) is 4.39 Å². The fourth-order valence-corrected chi connectivity index (χ4v) is 3.78. The molecule has 1 aliphatic heterocycles. The molecule has 1 unspecified atom stereocenters. The summed E-state index contributed by atoms with van der Waals surface area (Å²) >= 11 is 0. The number of hydrogen-bond donors (Lipinski definition) is 0. The van der Waals surface area contributed by atoms with Gasteiger partial charge in [-0.1, -0.05) is 25.5 Å². The lowest BCUT2D eigenvalue weighted by molar-refractivity contribution is -0.146. The van der Waals surface area contributed by atoms with Crippen LogP contribution in [0, 0.1) is 11.7 Å². The molecule has 1 aromatic rings. The number of ketones is 1. The molecular formula is C21H24FNO3.